The third-order valence-corrected chi connectivity index (χ3v) is 4.34. The minimum absolute atomic E-state index is 0.0515. The van der Waals surface area contributed by atoms with Gasteiger partial charge in [-0.1, -0.05) is 6.07 Å². The monoisotopic (exact) mass is 394 g/mol. The Morgan fingerprint density at radius 2 is 2.00 bits per heavy atom. The molecule has 2 aromatic rings. The Kier molecular flexibility index (Phi) is 5.60. The molecule has 1 amide bonds. The number of nitrogens with zero attached hydrogens (tertiary/aromatic N) is 1. The number of carbonyl (C=O) groups is 1. The van der Waals surface area contributed by atoms with Crippen LogP contribution in [-0.4, -0.2) is 29.6 Å². The number of carbonyl (C=O) groups excluding carboxylic acids is 1. The van der Waals surface area contributed by atoms with E-state index in [0.29, 0.717) is 18.8 Å². The largest absolute Gasteiger partial charge is 0.475 e. The fourth-order valence-electron chi connectivity index (χ4n) is 2.81. The van der Waals surface area contributed by atoms with Gasteiger partial charge < -0.3 is 14.8 Å². The number of alkyl halides is 3. The summed E-state index contributed by atoms with van der Waals surface area (Å²) in [5.41, 5.74) is 1.13. The topological polar surface area (TPSA) is 60.5 Å². The molecule has 0 bridgehead atoms. The van der Waals surface area contributed by atoms with Crippen LogP contribution in [0.4, 0.5) is 13.2 Å². The van der Waals surface area contributed by atoms with Crippen molar-refractivity contribution in [2.45, 2.75) is 38.6 Å². The number of aromatic nitrogens is 1. The van der Waals surface area contributed by atoms with Crippen molar-refractivity contribution in [3.63, 3.8) is 0 Å². The highest BCUT2D eigenvalue weighted by atomic mass is 19.4. The molecule has 28 heavy (non-hydrogen) atoms. The number of ether oxygens (including phenoxy) is 2. The summed E-state index contributed by atoms with van der Waals surface area (Å²) in [4.78, 5) is 16.2. The molecule has 3 rings (SSSR count). The van der Waals surface area contributed by atoms with E-state index >= 15 is 0 Å². The SMILES string of the molecule is CC(C)(COc1ccc(C(F)(F)F)cn1)NC(=O)c1ccc2c(c1)CCOC2. The molecule has 0 spiro atoms. The van der Waals surface area contributed by atoms with Crippen molar-refractivity contribution in [2.24, 2.45) is 0 Å². The Balaban J connectivity index is 1.59. The second-order valence-corrected chi connectivity index (χ2v) is 7.30. The number of halogens is 3. The normalized spacial score (nSPS) is 14.3. The maximum atomic E-state index is 12.6. The van der Waals surface area contributed by atoms with Crippen molar-refractivity contribution in [3.8, 4) is 5.88 Å². The van der Waals surface area contributed by atoms with Crippen LogP contribution in [0.2, 0.25) is 0 Å². The molecule has 0 unspecified atom stereocenters. The molecular weight excluding hydrogens is 373 g/mol. The summed E-state index contributed by atoms with van der Waals surface area (Å²) in [6, 6.07) is 7.56. The summed E-state index contributed by atoms with van der Waals surface area (Å²) in [7, 11) is 0. The number of fused-ring (bicyclic) bond motifs is 1. The Morgan fingerprint density at radius 3 is 2.68 bits per heavy atom. The molecule has 0 aliphatic carbocycles. The molecule has 1 N–H and O–H groups in total. The molecule has 150 valence electrons. The first kappa shape index (κ1) is 20.1. The van der Waals surface area contributed by atoms with Gasteiger partial charge in [-0.2, -0.15) is 13.2 Å². The van der Waals surface area contributed by atoms with Crippen molar-refractivity contribution in [1.29, 1.82) is 0 Å². The van der Waals surface area contributed by atoms with Crippen LogP contribution in [0.3, 0.4) is 0 Å². The van der Waals surface area contributed by atoms with E-state index in [-0.39, 0.29) is 18.4 Å². The second-order valence-electron chi connectivity index (χ2n) is 7.30. The fourth-order valence-corrected chi connectivity index (χ4v) is 2.81. The molecule has 0 radical (unpaired) electrons. The molecule has 1 aliphatic heterocycles. The van der Waals surface area contributed by atoms with Gasteiger partial charge in [-0.3, -0.25) is 4.79 Å². The summed E-state index contributed by atoms with van der Waals surface area (Å²) < 4.78 is 48.6. The van der Waals surface area contributed by atoms with Gasteiger partial charge >= 0.3 is 6.18 Å². The van der Waals surface area contributed by atoms with E-state index in [9.17, 15) is 18.0 Å². The van der Waals surface area contributed by atoms with Crippen molar-refractivity contribution in [1.82, 2.24) is 10.3 Å². The van der Waals surface area contributed by atoms with Crippen LogP contribution in [0, 0.1) is 0 Å². The number of pyridine rings is 1. The average molecular weight is 394 g/mol. The van der Waals surface area contributed by atoms with Crippen molar-refractivity contribution in [2.75, 3.05) is 13.2 Å². The van der Waals surface area contributed by atoms with E-state index in [1.807, 2.05) is 12.1 Å². The zero-order chi connectivity index (χ0) is 20.4. The maximum absolute atomic E-state index is 12.6. The highest BCUT2D eigenvalue weighted by Crippen LogP contribution is 2.29. The molecule has 2 heterocycles. The third-order valence-electron chi connectivity index (χ3n) is 4.34. The van der Waals surface area contributed by atoms with Crippen LogP contribution >= 0.6 is 0 Å². The molecule has 0 atom stereocenters. The van der Waals surface area contributed by atoms with Gasteiger partial charge in [-0.05, 0) is 49.6 Å². The van der Waals surface area contributed by atoms with Gasteiger partial charge in [0.2, 0.25) is 5.88 Å². The standard InChI is InChI=1S/C20H21F3N2O3/c1-19(2,12-28-17-6-5-16(10-24-17)20(21,22)23)25-18(26)14-3-4-15-11-27-8-7-13(15)9-14/h3-6,9-10H,7-8,11-12H2,1-2H3,(H,25,26). The predicted octanol–water partition coefficient (Wildman–Crippen LogP) is 3.76. The minimum atomic E-state index is -4.44. The molecule has 0 saturated carbocycles. The van der Waals surface area contributed by atoms with Crippen LogP contribution in [-0.2, 0) is 23.9 Å². The van der Waals surface area contributed by atoms with Crippen LogP contribution in [0.1, 0.15) is 40.9 Å². The van der Waals surface area contributed by atoms with Crippen molar-refractivity contribution < 1.29 is 27.4 Å². The van der Waals surface area contributed by atoms with Crippen LogP contribution < -0.4 is 10.1 Å². The molecule has 5 nitrogen and oxygen atoms in total. The minimum Gasteiger partial charge on any atom is -0.475 e. The van der Waals surface area contributed by atoms with Gasteiger partial charge in [0.05, 0.1) is 24.3 Å². The summed E-state index contributed by atoms with van der Waals surface area (Å²) in [5.74, 6) is -0.188. The zero-order valence-electron chi connectivity index (χ0n) is 15.6. The van der Waals surface area contributed by atoms with Crippen molar-refractivity contribution in [3.05, 3.63) is 58.8 Å². The number of benzene rings is 1. The Bertz CT molecular complexity index is 849. The summed E-state index contributed by atoms with van der Waals surface area (Å²) in [6.45, 7) is 4.77. The molecule has 8 heteroatoms. The fraction of sp³-hybridized carbons (Fsp3) is 0.400. The van der Waals surface area contributed by atoms with E-state index in [1.54, 1.807) is 19.9 Å². The third kappa shape index (κ3) is 5.01. The summed E-state index contributed by atoms with van der Waals surface area (Å²) in [6.07, 6.45) is -2.96. The average Bonchev–Trinajstić information content (AvgIpc) is 2.65. The lowest BCUT2D eigenvalue weighted by Gasteiger charge is -2.26. The Labute approximate surface area is 160 Å². The summed E-state index contributed by atoms with van der Waals surface area (Å²) >= 11 is 0. The molecular formula is C20H21F3N2O3. The summed E-state index contributed by atoms with van der Waals surface area (Å²) in [5, 5.41) is 2.88. The lowest BCUT2D eigenvalue weighted by Crippen LogP contribution is -2.48. The highest BCUT2D eigenvalue weighted by Gasteiger charge is 2.31. The molecule has 0 fully saturated rings. The smallest absolute Gasteiger partial charge is 0.417 e. The van der Waals surface area contributed by atoms with Crippen LogP contribution in [0.25, 0.3) is 0 Å². The number of rotatable bonds is 5. The molecule has 0 saturated heterocycles. The highest BCUT2D eigenvalue weighted by molar-refractivity contribution is 5.95. The van der Waals surface area contributed by atoms with E-state index in [1.165, 1.54) is 0 Å². The van der Waals surface area contributed by atoms with Gasteiger partial charge in [-0.15, -0.1) is 0 Å². The van der Waals surface area contributed by atoms with E-state index in [4.69, 9.17) is 9.47 Å². The molecule has 1 aliphatic rings. The first-order chi connectivity index (χ1) is 13.1. The van der Waals surface area contributed by atoms with E-state index in [2.05, 4.69) is 10.3 Å². The number of nitrogens with one attached hydrogen (secondary N) is 1. The van der Waals surface area contributed by atoms with E-state index < -0.39 is 17.3 Å². The van der Waals surface area contributed by atoms with Gasteiger partial charge in [0.15, 0.2) is 0 Å². The van der Waals surface area contributed by atoms with Crippen molar-refractivity contribution >= 4 is 5.91 Å². The Morgan fingerprint density at radius 1 is 1.21 bits per heavy atom. The van der Waals surface area contributed by atoms with E-state index in [0.717, 1.165) is 35.9 Å². The van der Waals surface area contributed by atoms with Gasteiger partial charge in [0.1, 0.15) is 6.61 Å². The molecule has 1 aromatic carbocycles. The Hall–Kier alpha value is -2.61. The number of hydrogen-bond acceptors (Lipinski definition) is 4. The van der Waals surface area contributed by atoms with Crippen LogP contribution in [0.15, 0.2) is 36.5 Å². The van der Waals surface area contributed by atoms with Gasteiger partial charge in [0, 0.05) is 17.8 Å². The maximum Gasteiger partial charge on any atom is 0.417 e. The first-order valence-corrected chi connectivity index (χ1v) is 8.82. The number of hydrogen-bond donors (Lipinski definition) is 1. The molecule has 1 aromatic heterocycles. The quantitative estimate of drug-likeness (QED) is 0.839. The van der Waals surface area contributed by atoms with Gasteiger partial charge in [0.25, 0.3) is 5.91 Å². The van der Waals surface area contributed by atoms with Crippen LogP contribution in [0.5, 0.6) is 5.88 Å². The number of amides is 1. The lowest BCUT2D eigenvalue weighted by molar-refractivity contribution is -0.137. The lowest BCUT2D eigenvalue weighted by atomic mass is 9.99. The predicted molar refractivity (Wildman–Crippen MR) is 96.1 cm³/mol. The van der Waals surface area contributed by atoms with Gasteiger partial charge in [-0.25, -0.2) is 4.98 Å². The first-order valence-electron chi connectivity index (χ1n) is 8.82. The zero-order valence-corrected chi connectivity index (χ0v) is 15.6. The second kappa shape index (κ2) is 7.79.